The van der Waals surface area contributed by atoms with Crippen LogP contribution in [0.25, 0.3) is 0 Å². The van der Waals surface area contributed by atoms with Gasteiger partial charge in [0.1, 0.15) is 5.82 Å². The number of carbonyl (C=O) groups excluding carboxylic acids is 2. The maximum absolute atomic E-state index is 11.0. The summed E-state index contributed by atoms with van der Waals surface area (Å²) < 4.78 is 0. The van der Waals surface area contributed by atoms with Crippen LogP contribution in [0.2, 0.25) is 0 Å². The zero-order chi connectivity index (χ0) is 10.7. The first kappa shape index (κ1) is 9.97. The van der Waals surface area contributed by atoms with E-state index in [0.717, 1.165) is 0 Å². The number of aromatic nitrogens is 1. The molecule has 0 fully saturated rings. The van der Waals surface area contributed by atoms with E-state index < -0.39 is 11.8 Å². The highest BCUT2D eigenvalue weighted by Crippen LogP contribution is 2.13. The fraction of sp³-hybridized carbons (Fsp3) is 0.125. The van der Waals surface area contributed by atoms with E-state index in [9.17, 15) is 9.59 Å². The number of pyridine rings is 1. The largest absolute Gasteiger partial charge is 0.383 e. The number of nitrogen functional groups attached to an aromatic ring is 1. The van der Waals surface area contributed by atoms with Gasteiger partial charge in [0, 0.05) is 6.20 Å². The second kappa shape index (κ2) is 3.73. The molecule has 0 saturated carbocycles. The minimum atomic E-state index is -0.716. The highest BCUT2D eigenvalue weighted by Gasteiger charge is 2.14. The van der Waals surface area contributed by atoms with Crippen molar-refractivity contribution in [2.45, 2.75) is 6.42 Å². The van der Waals surface area contributed by atoms with Gasteiger partial charge >= 0.3 is 0 Å². The topological polar surface area (TPSA) is 125 Å². The molecular formula is C8H10N4O2. The standard InChI is InChI=1S/C8H10N4O2/c9-5(13)3-4-1-2-12-7(10)6(4)8(11)14/h1-2H,3H2,(H2,9,13)(H2,10,12)(H2,11,14). The van der Waals surface area contributed by atoms with Crippen LogP contribution in [0.5, 0.6) is 0 Å². The molecule has 1 rings (SSSR count). The van der Waals surface area contributed by atoms with Crippen LogP contribution < -0.4 is 17.2 Å². The number of hydrogen-bond acceptors (Lipinski definition) is 4. The number of primary amides is 2. The van der Waals surface area contributed by atoms with E-state index in [0.29, 0.717) is 5.56 Å². The zero-order valence-corrected chi connectivity index (χ0v) is 7.36. The summed E-state index contributed by atoms with van der Waals surface area (Å²) in [6, 6.07) is 1.49. The molecule has 0 aromatic carbocycles. The summed E-state index contributed by atoms with van der Waals surface area (Å²) in [5, 5.41) is 0. The Morgan fingerprint density at radius 2 is 2.00 bits per heavy atom. The van der Waals surface area contributed by atoms with Crippen LogP contribution in [0, 0.1) is 0 Å². The Morgan fingerprint density at radius 1 is 1.36 bits per heavy atom. The first-order valence-corrected chi connectivity index (χ1v) is 3.84. The molecule has 1 heterocycles. The molecule has 0 aliphatic carbocycles. The Balaban J connectivity index is 3.21. The summed E-state index contributed by atoms with van der Waals surface area (Å²) in [7, 11) is 0. The maximum Gasteiger partial charge on any atom is 0.252 e. The molecule has 0 saturated heterocycles. The Labute approximate surface area is 80.1 Å². The summed E-state index contributed by atoms with van der Waals surface area (Å²) in [4.78, 5) is 25.3. The van der Waals surface area contributed by atoms with Crippen molar-refractivity contribution in [3.8, 4) is 0 Å². The molecule has 0 aliphatic rings. The van der Waals surface area contributed by atoms with Crippen molar-refractivity contribution in [3.05, 3.63) is 23.4 Å². The van der Waals surface area contributed by atoms with Crippen LogP contribution in [0.4, 0.5) is 5.82 Å². The lowest BCUT2D eigenvalue weighted by Crippen LogP contribution is -2.21. The number of carbonyl (C=O) groups is 2. The second-order valence-electron chi connectivity index (χ2n) is 2.74. The predicted octanol–water partition coefficient (Wildman–Crippen LogP) is -1.21. The van der Waals surface area contributed by atoms with Crippen molar-refractivity contribution in [2.24, 2.45) is 11.5 Å². The normalized spacial score (nSPS) is 9.71. The minimum absolute atomic E-state index is 0.0104. The molecule has 1 aromatic heterocycles. The van der Waals surface area contributed by atoms with Crippen LogP contribution in [0.15, 0.2) is 12.3 Å². The van der Waals surface area contributed by atoms with Crippen molar-refractivity contribution in [2.75, 3.05) is 5.73 Å². The van der Waals surface area contributed by atoms with E-state index in [1.807, 2.05) is 0 Å². The van der Waals surface area contributed by atoms with Gasteiger partial charge in [0.05, 0.1) is 12.0 Å². The lowest BCUT2D eigenvalue weighted by atomic mass is 10.1. The molecule has 0 aliphatic heterocycles. The molecule has 74 valence electrons. The van der Waals surface area contributed by atoms with Gasteiger partial charge in [-0.05, 0) is 11.6 Å². The van der Waals surface area contributed by atoms with Gasteiger partial charge in [0.25, 0.3) is 5.91 Å². The van der Waals surface area contributed by atoms with Gasteiger partial charge in [0.2, 0.25) is 5.91 Å². The summed E-state index contributed by atoms with van der Waals surface area (Å²) in [5.74, 6) is -1.26. The number of nitrogens with zero attached hydrogens (tertiary/aromatic N) is 1. The Bertz CT molecular complexity index is 389. The first-order chi connectivity index (χ1) is 6.52. The van der Waals surface area contributed by atoms with Gasteiger partial charge in [-0.3, -0.25) is 9.59 Å². The van der Waals surface area contributed by atoms with Crippen LogP contribution in [0.1, 0.15) is 15.9 Å². The van der Waals surface area contributed by atoms with E-state index in [1.165, 1.54) is 12.3 Å². The quantitative estimate of drug-likeness (QED) is 0.558. The predicted molar refractivity (Wildman–Crippen MR) is 50.1 cm³/mol. The lowest BCUT2D eigenvalue weighted by Gasteiger charge is -2.05. The molecule has 6 heteroatoms. The van der Waals surface area contributed by atoms with Crippen molar-refractivity contribution in [1.82, 2.24) is 4.98 Å². The van der Waals surface area contributed by atoms with Gasteiger partial charge in [-0.2, -0.15) is 0 Å². The van der Waals surface area contributed by atoms with Crippen LogP contribution in [-0.4, -0.2) is 16.8 Å². The fourth-order valence-corrected chi connectivity index (χ4v) is 1.14. The number of nitrogens with two attached hydrogens (primary N) is 3. The number of amides is 2. The molecule has 0 spiro atoms. The average Bonchev–Trinajstić information content (AvgIpc) is 2.01. The van der Waals surface area contributed by atoms with Crippen molar-refractivity contribution >= 4 is 17.6 Å². The van der Waals surface area contributed by atoms with E-state index in [2.05, 4.69) is 4.98 Å². The van der Waals surface area contributed by atoms with Gasteiger partial charge in [-0.15, -0.1) is 0 Å². The zero-order valence-electron chi connectivity index (χ0n) is 7.36. The lowest BCUT2D eigenvalue weighted by molar-refractivity contribution is -0.117. The van der Waals surface area contributed by atoms with Crippen molar-refractivity contribution in [1.29, 1.82) is 0 Å². The molecule has 6 nitrogen and oxygen atoms in total. The summed E-state index contributed by atoms with van der Waals surface area (Å²) in [6.45, 7) is 0. The molecule has 14 heavy (non-hydrogen) atoms. The average molecular weight is 194 g/mol. The van der Waals surface area contributed by atoms with Crippen molar-refractivity contribution in [3.63, 3.8) is 0 Å². The van der Waals surface area contributed by atoms with Gasteiger partial charge < -0.3 is 17.2 Å². The number of rotatable bonds is 3. The molecule has 6 N–H and O–H groups in total. The number of hydrogen-bond donors (Lipinski definition) is 3. The van der Waals surface area contributed by atoms with Gasteiger partial charge in [-0.1, -0.05) is 0 Å². The molecule has 0 unspecified atom stereocenters. The third-order valence-corrected chi connectivity index (χ3v) is 1.68. The SMILES string of the molecule is NC(=O)Cc1ccnc(N)c1C(N)=O. The highest BCUT2D eigenvalue weighted by atomic mass is 16.1. The van der Waals surface area contributed by atoms with Crippen LogP contribution in [0.3, 0.4) is 0 Å². The van der Waals surface area contributed by atoms with Crippen LogP contribution in [-0.2, 0) is 11.2 Å². The smallest absolute Gasteiger partial charge is 0.252 e. The Morgan fingerprint density at radius 3 is 2.50 bits per heavy atom. The molecular weight excluding hydrogens is 184 g/mol. The van der Waals surface area contributed by atoms with E-state index in [4.69, 9.17) is 17.2 Å². The van der Waals surface area contributed by atoms with Crippen LogP contribution >= 0.6 is 0 Å². The monoisotopic (exact) mass is 194 g/mol. The number of anilines is 1. The first-order valence-electron chi connectivity index (χ1n) is 3.84. The molecule has 0 bridgehead atoms. The maximum atomic E-state index is 11.0. The van der Waals surface area contributed by atoms with Crippen molar-refractivity contribution < 1.29 is 9.59 Å². The molecule has 0 radical (unpaired) electrons. The van der Waals surface area contributed by atoms with Gasteiger partial charge in [0.15, 0.2) is 0 Å². The third kappa shape index (κ3) is 1.98. The summed E-state index contributed by atoms with van der Waals surface area (Å²) in [6.07, 6.45) is 1.31. The van der Waals surface area contributed by atoms with E-state index in [-0.39, 0.29) is 17.8 Å². The van der Waals surface area contributed by atoms with Gasteiger partial charge in [-0.25, -0.2) is 4.98 Å². The highest BCUT2D eigenvalue weighted by molar-refractivity contribution is 5.99. The minimum Gasteiger partial charge on any atom is -0.383 e. The Hall–Kier alpha value is -2.11. The Kier molecular flexibility index (Phi) is 2.66. The molecule has 0 atom stereocenters. The molecule has 2 amide bonds. The molecule has 1 aromatic rings. The third-order valence-electron chi connectivity index (χ3n) is 1.68. The van der Waals surface area contributed by atoms with E-state index in [1.54, 1.807) is 0 Å². The fourth-order valence-electron chi connectivity index (χ4n) is 1.14. The van der Waals surface area contributed by atoms with E-state index >= 15 is 0 Å². The summed E-state index contributed by atoms with van der Waals surface area (Å²) in [5.41, 5.74) is 16.0. The second-order valence-corrected chi connectivity index (χ2v) is 2.74. The summed E-state index contributed by atoms with van der Waals surface area (Å²) >= 11 is 0.